The van der Waals surface area contributed by atoms with Gasteiger partial charge in [0.1, 0.15) is 4.90 Å². The molecule has 2 rings (SSSR count). The first-order valence-electron chi connectivity index (χ1n) is 5.89. The molecule has 0 aliphatic rings. The first kappa shape index (κ1) is 17.1. The maximum absolute atomic E-state index is 12.2. The second-order valence-electron chi connectivity index (χ2n) is 4.19. The third-order valence-electron chi connectivity index (χ3n) is 2.38. The van der Waals surface area contributed by atoms with Crippen molar-refractivity contribution in [2.24, 2.45) is 0 Å². The fourth-order valence-corrected chi connectivity index (χ4v) is 4.65. The van der Waals surface area contributed by atoms with Crippen LogP contribution in [0.15, 0.2) is 51.3 Å². The predicted molar refractivity (Wildman–Crippen MR) is 85.8 cm³/mol. The van der Waals surface area contributed by atoms with Crippen LogP contribution in [0.2, 0.25) is 10.0 Å². The summed E-state index contributed by atoms with van der Waals surface area (Å²) in [7, 11) is -3.98. The van der Waals surface area contributed by atoms with Gasteiger partial charge in [0.25, 0.3) is 10.0 Å². The Balaban J connectivity index is 2.43. The summed E-state index contributed by atoms with van der Waals surface area (Å²) in [6.45, 7) is 1.12. The van der Waals surface area contributed by atoms with Crippen molar-refractivity contribution in [3.63, 3.8) is 0 Å². The highest BCUT2D eigenvalue weighted by Crippen LogP contribution is 2.35. The number of halogens is 2. The third kappa shape index (κ3) is 4.36. The Bertz CT molecular complexity index is 806. The fourth-order valence-electron chi connectivity index (χ4n) is 1.61. The Hall–Kier alpha value is -1.28. The van der Waals surface area contributed by atoms with E-state index in [0.717, 1.165) is 18.7 Å². The van der Waals surface area contributed by atoms with Crippen molar-refractivity contribution in [2.45, 2.75) is 21.6 Å². The van der Waals surface area contributed by atoms with Crippen molar-refractivity contribution in [3.05, 3.63) is 46.7 Å². The normalized spacial score (nSPS) is 11.2. The lowest BCUT2D eigenvalue weighted by Crippen LogP contribution is -2.28. The van der Waals surface area contributed by atoms with E-state index in [1.54, 1.807) is 18.2 Å². The van der Waals surface area contributed by atoms with E-state index in [4.69, 9.17) is 23.2 Å². The molecule has 2 aromatic rings. The maximum atomic E-state index is 12.2. The van der Waals surface area contributed by atoms with E-state index in [1.165, 1.54) is 18.5 Å². The van der Waals surface area contributed by atoms with Crippen LogP contribution in [-0.2, 0) is 14.8 Å². The van der Waals surface area contributed by atoms with E-state index in [0.29, 0.717) is 19.8 Å². The Morgan fingerprint density at radius 3 is 2.45 bits per heavy atom. The Kier molecular flexibility index (Phi) is 5.33. The number of pyridine rings is 1. The average molecular weight is 377 g/mol. The van der Waals surface area contributed by atoms with Gasteiger partial charge in [0.05, 0.1) is 0 Å². The van der Waals surface area contributed by atoms with Crippen LogP contribution in [0.4, 0.5) is 0 Å². The molecule has 5 nitrogen and oxygen atoms in total. The zero-order valence-electron chi connectivity index (χ0n) is 11.2. The SMILES string of the molecule is CC(=O)NS(=O)(=O)c1cnccc1Sc1cc(Cl)cc(Cl)c1. The predicted octanol–water partition coefficient (Wildman–Crippen LogP) is 3.36. The first-order valence-corrected chi connectivity index (χ1v) is 8.95. The average Bonchev–Trinajstić information content (AvgIpc) is 2.36. The molecule has 9 heteroatoms. The standard InChI is InChI=1S/C13H10Cl2N2O3S2/c1-8(18)17-22(19,20)13-7-16-3-2-12(13)21-11-5-9(14)4-10(15)6-11/h2-7H,1H3,(H,17,18). The van der Waals surface area contributed by atoms with Crippen molar-refractivity contribution < 1.29 is 13.2 Å². The molecule has 0 unspecified atom stereocenters. The zero-order valence-corrected chi connectivity index (χ0v) is 14.4. The van der Waals surface area contributed by atoms with Gasteiger partial charge < -0.3 is 0 Å². The molecular formula is C13H10Cl2N2O3S2. The van der Waals surface area contributed by atoms with Gasteiger partial charge in [0.2, 0.25) is 5.91 Å². The topological polar surface area (TPSA) is 76.1 Å². The second-order valence-corrected chi connectivity index (χ2v) is 7.83. The largest absolute Gasteiger partial charge is 0.274 e. The highest BCUT2D eigenvalue weighted by molar-refractivity contribution is 8.00. The lowest BCUT2D eigenvalue weighted by molar-refractivity contribution is -0.117. The second kappa shape index (κ2) is 6.87. The molecule has 0 bridgehead atoms. The van der Waals surface area contributed by atoms with Crippen LogP contribution in [0.25, 0.3) is 0 Å². The minimum Gasteiger partial charge on any atom is -0.274 e. The summed E-state index contributed by atoms with van der Waals surface area (Å²) < 4.78 is 26.2. The quantitative estimate of drug-likeness (QED) is 0.884. The van der Waals surface area contributed by atoms with E-state index < -0.39 is 15.9 Å². The summed E-state index contributed by atoms with van der Waals surface area (Å²) in [4.78, 5) is 15.8. The molecule has 0 atom stereocenters. The van der Waals surface area contributed by atoms with Crippen LogP contribution in [0, 0.1) is 0 Å². The molecule has 0 aliphatic carbocycles. The number of rotatable bonds is 4. The molecule has 0 spiro atoms. The highest BCUT2D eigenvalue weighted by Gasteiger charge is 2.20. The van der Waals surface area contributed by atoms with Crippen molar-refractivity contribution in [3.8, 4) is 0 Å². The van der Waals surface area contributed by atoms with Crippen molar-refractivity contribution in [2.75, 3.05) is 0 Å². The van der Waals surface area contributed by atoms with Gasteiger partial charge >= 0.3 is 0 Å². The van der Waals surface area contributed by atoms with E-state index >= 15 is 0 Å². The summed E-state index contributed by atoms with van der Waals surface area (Å²) in [5.74, 6) is -0.675. The van der Waals surface area contributed by atoms with Crippen molar-refractivity contribution >= 4 is 50.9 Å². The van der Waals surface area contributed by atoms with Gasteiger partial charge in [-0.05, 0) is 24.3 Å². The zero-order chi connectivity index (χ0) is 16.3. The molecule has 116 valence electrons. The number of nitrogens with zero attached hydrogens (tertiary/aromatic N) is 1. The van der Waals surface area contributed by atoms with Crippen LogP contribution in [0.5, 0.6) is 0 Å². The van der Waals surface area contributed by atoms with Gasteiger partial charge in [-0.3, -0.25) is 9.78 Å². The molecular weight excluding hydrogens is 367 g/mol. The van der Waals surface area contributed by atoms with E-state index in [-0.39, 0.29) is 4.90 Å². The number of amides is 1. The summed E-state index contributed by atoms with van der Waals surface area (Å²) in [6, 6.07) is 6.43. The lowest BCUT2D eigenvalue weighted by atomic mass is 10.4. The minimum absolute atomic E-state index is 0.0914. The van der Waals surface area contributed by atoms with Crippen LogP contribution < -0.4 is 4.72 Å². The molecule has 0 saturated heterocycles. The number of nitrogens with one attached hydrogen (secondary N) is 1. The van der Waals surface area contributed by atoms with Gasteiger partial charge in [0.15, 0.2) is 0 Å². The fraction of sp³-hybridized carbons (Fsp3) is 0.0769. The Morgan fingerprint density at radius 1 is 1.23 bits per heavy atom. The van der Waals surface area contributed by atoms with Gasteiger partial charge in [0, 0.05) is 39.2 Å². The van der Waals surface area contributed by atoms with Gasteiger partial charge in [-0.2, -0.15) is 0 Å². The molecule has 0 aliphatic heterocycles. The summed E-state index contributed by atoms with van der Waals surface area (Å²) in [6.07, 6.45) is 2.64. The molecule has 22 heavy (non-hydrogen) atoms. The Morgan fingerprint density at radius 2 is 1.86 bits per heavy atom. The summed E-state index contributed by atoms with van der Waals surface area (Å²) in [5.41, 5.74) is 0. The van der Waals surface area contributed by atoms with E-state index in [2.05, 4.69) is 4.98 Å². The van der Waals surface area contributed by atoms with Crippen LogP contribution in [0.3, 0.4) is 0 Å². The highest BCUT2D eigenvalue weighted by atomic mass is 35.5. The smallest absolute Gasteiger partial charge is 0.266 e. The lowest BCUT2D eigenvalue weighted by Gasteiger charge is -2.10. The molecule has 0 fully saturated rings. The van der Waals surface area contributed by atoms with Crippen LogP contribution in [-0.4, -0.2) is 19.3 Å². The Labute approximate surface area is 142 Å². The molecule has 1 heterocycles. The molecule has 1 aromatic heterocycles. The number of hydrogen-bond acceptors (Lipinski definition) is 5. The first-order chi connectivity index (χ1) is 10.3. The molecule has 1 N–H and O–H groups in total. The molecule has 1 amide bonds. The molecule has 0 radical (unpaired) electrons. The van der Waals surface area contributed by atoms with Gasteiger partial charge in [-0.1, -0.05) is 35.0 Å². The van der Waals surface area contributed by atoms with E-state index in [9.17, 15) is 13.2 Å². The van der Waals surface area contributed by atoms with Crippen molar-refractivity contribution in [1.29, 1.82) is 0 Å². The monoisotopic (exact) mass is 376 g/mol. The number of sulfonamides is 1. The number of aromatic nitrogens is 1. The van der Waals surface area contributed by atoms with Gasteiger partial charge in [-0.25, -0.2) is 13.1 Å². The van der Waals surface area contributed by atoms with Gasteiger partial charge in [-0.15, -0.1) is 0 Å². The molecule has 0 saturated carbocycles. The molecule has 1 aromatic carbocycles. The maximum Gasteiger partial charge on any atom is 0.266 e. The number of carbonyl (C=O) groups excluding carboxylic acids is 1. The van der Waals surface area contributed by atoms with Crippen LogP contribution in [0.1, 0.15) is 6.92 Å². The number of benzene rings is 1. The summed E-state index contributed by atoms with van der Waals surface area (Å²) in [5, 5.41) is 0.880. The third-order valence-corrected chi connectivity index (χ3v) is 5.45. The minimum atomic E-state index is -3.98. The number of hydrogen-bond donors (Lipinski definition) is 1. The van der Waals surface area contributed by atoms with Crippen LogP contribution >= 0.6 is 35.0 Å². The van der Waals surface area contributed by atoms with E-state index in [1.807, 2.05) is 4.72 Å². The number of carbonyl (C=O) groups is 1. The summed E-state index contributed by atoms with van der Waals surface area (Å²) >= 11 is 13.0. The van der Waals surface area contributed by atoms with Crippen molar-refractivity contribution in [1.82, 2.24) is 9.71 Å².